The first-order chi connectivity index (χ1) is 13.1. The summed E-state index contributed by atoms with van der Waals surface area (Å²) in [7, 11) is 1.61. The molecule has 3 rings (SSSR count). The molecule has 0 radical (unpaired) electrons. The van der Waals surface area contributed by atoms with E-state index in [0.717, 1.165) is 17.0 Å². The van der Waals surface area contributed by atoms with Gasteiger partial charge in [-0.15, -0.1) is 5.10 Å². The third kappa shape index (κ3) is 4.68. The van der Waals surface area contributed by atoms with Gasteiger partial charge in [0.2, 0.25) is 0 Å². The average Bonchev–Trinajstić information content (AvgIpc) is 3.12. The van der Waals surface area contributed by atoms with Crippen molar-refractivity contribution in [3.8, 4) is 11.4 Å². The van der Waals surface area contributed by atoms with Gasteiger partial charge in [0, 0.05) is 5.69 Å². The Bertz CT molecular complexity index is 925. The van der Waals surface area contributed by atoms with Crippen molar-refractivity contribution in [1.82, 2.24) is 20.2 Å². The number of methoxy groups -OCH3 is 1. The summed E-state index contributed by atoms with van der Waals surface area (Å²) in [6.07, 6.45) is -0.616. The Morgan fingerprint density at radius 2 is 2.04 bits per heavy atom. The van der Waals surface area contributed by atoms with Crippen molar-refractivity contribution in [3.05, 3.63) is 59.9 Å². The maximum absolute atomic E-state index is 12.4. The Labute approximate surface area is 157 Å². The van der Waals surface area contributed by atoms with Crippen LogP contribution in [0.3, 0.4) is 0 Å². The van der Waals surface area contributed by atoms with Gasteiger partial charge in [-0.25, -0.2) is 0 Å². The molecule has 0 saturated carbocycles. The van der Waals surface area contributed by atoms with Gasteiger partial charge in [0.25, 0.3) is 5.91 Å². The zero-order chi connectivity index (χ0) is 19.2. The van der Waals surface area contributed by atoms with Crippen LogP contribution in [-0.2, 0) is 16.1 Å². The van der Waals surface area contributed by atoms with E-state index in [1.54, 1.807) is 37.8 Å². The number of nitrogens with one attached hydrogen (secondary N) is 1. The number of hydrogen-bond acceptors (Lipinski definition) is 6. The van der Waals surface area contributed by atoms with Crippen molar-refractivity contribution < 1.29 is 14.3 Å². The number of carbonyl (C=O) groups excluding carboxylic acids is 1. The zero-order valence-corrected chi connectivity index (χ0v) is 15.4. The summed E-state index contributed by atoms with van der Waals surface area (Å²) in [6, 6.07) is 14.8. The van der Waals surface area contributed by atoms with Crippen molar-refractivity contribution >= 4 is 11.6 Å². The Hall–Kier alpha value is -3.26. The number of benzene rings is 2. The Morgan fingerprint density at radius 3 is 2.78 bits per heavy atom. The van der Waals surface area contributed by atoms with Crippen LogP contribution in [-0.4, -0.2) is 39.3 Å². The van der Waals surface area contributed by atoms with Gasteiger partial charge >= 0.3 is 0 Å². The lowest BCUT2D eigenvalue weighted by Crippen LogP contribution is -2.27. The molecule has 0 spiro atoms. The number of nitrogens with zero attached hydrogens (tertiary/aromatic N) is 4. The highest BCUT2D eigenvalue weighted by atomic mass is 16.5. The van der Waals surface area contributed by atoms with Crippen LogP contribution in [0.2, 0.25) is 0 Å². The highest BCUT2D eigenvalue weighted by Crippen LogP contribution is 2.16. The lowest BCUT2D eigenvalue weighted by Gasteiger charge is -2.14. The maximum atomic E-state index is 12.4. The van der Waals surface area contributed by atoms with Crippen LogP contribution in [0, 0.1) is 6.92 Å². The summed E-state index contributed by atoms with van der Waals surface area (Å²) >= 11 is 0. The van der Waals surface area contributed by atoms with E-state index in [1.165, 1.54) is 0 Å². The second-order valence-corrected chi connectivity index (χ2v) is 5.98. The largest absolute Gasteiger partial charge is 0.497 e. The third-order valence-corrected chi connectivity index (χ3v) is 3.99. The highest BCUT2D eigenvalue weighted by Gasteiger charge is 2.14. The number of hydrogen-bond donors (Lipinski definition) is 1. The molecule has 1 amide bonds. The van der Waals surface area contributed by atoms with E-state index in [-0.39, 0.29) is 5.91 Å². The molecule has 0 saturated heterocycles. The lowest BCUT2D eigenvalue weighted by atomic mass is 10.2. The highest BCUT2D eigenvalue weighted by molar-refractivity contribution is 5.94. The predicted molar refractivity (Wildman–Crippen MR) is 99.8 cm³/mol. The molecule has 8 heteroatoms. The first-order valence-corrected chi connectivity index (χ1v) is 8.47. The number of amides is 1. The number of ether oxygens (including phenoxy) is 2. The van der Waals surface area contributed by atoms with Gasteiger partial charge in [0.05, 0.1) is 19.4 Å². The van der Waals surface area contributed by atoms with Gasteiger partial charge in [0.1, 0.15) is 11.9 Å². The fraction of sp³-hybridized carbons (Fsp3) is 0.263. The standard InChI is InChI=1S/C19H21N5O3/c1-13(27-12-15-6-4-9-18(10-15)26-3)19(25)20-16-7-5-8-17(11-16)24-14(2)21-22-23-24/h4-11,13H,12H2,1-3H3,(H,20,25). The van der Waals surface area contributed by atoms with Crippen LogP contribution in [0.1, 0.15) is 18.3 Å². The van der Waals surface area contributed by atoms with Gasteiger partial charge in [-0.3, -0.25) is 4.79 Å². The fourth-order valence-electron chi connectivity index (χ4n) is 2.49. The number of tetrazole rings is 1. The van der Waals surface area contributed by atoms with E-state index in [4.69, 9.17) is 9.47 Å². The van der Waals surface area contributed by atoms with Crippen molar-refractivity contribution in [2.75, 3.05) is 12.4 Å². The van der Waals surface area contributed by atoms with Crippen molar-refractivity contribution in [2.45, 2.75) is 26.6 Å². The fourth-order valence-corrected chi connectivity index (χ4v) is 2.49. The summed E-state index contributed by atoms with van der Waals surface area (Å²) in [5.41, 5.74) is 2.34. The molecule has 2 aromatic carbocycles. The Balaban J connectivity index is 1.60. The Kier molecular flexibility index (Phi) is 5.77. The molecule has 3 aromatic rings. The van der Waals surface area contributed by atoms with Gasteiger partial charge in [-0.2, -0.15) is 4.68 Å². The number of anilines is 1. The number of carbonyl (C=O) groups is 1. The minimum Gasteiger partial charge on any atom is -0.497 e. The molecule has 1 N–H and O–H groups in total. The molecule has 0 aliphatic heterocycles. The van der Waals surface area contributed by atoms with E-state index < -0.39 is 6.10 Å². The minimum absolute atomic E-state index is 0.233. The first-order valence-electron chi connectivity index (χ1n) is 8.47. The average molecular weight is 367 g/mol. The minimum atomic E-state index is -0.616. The van der Waals surface area contributed by atoms with E-state index >= 15 is 0 Å². The molecule has 0 aliphatic carbocycles. The molecule has 27 heavy (non-hydrogen) atoms. The summed E-state index contributed by atoms with van der Waals surface area (Å²) in [6.45, 7) is 3.83. The number of aryl methyl sites for hydroxylation is 1. The van der Waals surface area contributed by atoms with Crippen LogP contribution in [0.4, 0.5) is 5.69 Å². The molecule has 0 aliphatic rings. The van der Waals surface area contributed by atoms with Gasteiger partial charge in [-0.05, 0) is 60.2 Å². The Morgan fingerprint density at radius 1 is 1.22 bits per heavy atom. The van der Waals surface area contributed by atoms with Crippen LogP contribution in [0.15, 0.2) is 48.5 Å². The SMILES string of the molecule is COc1cccc(COC(C)C(=O)Nc2cccc(-n3nnnc3C)c2)c1. The van der Waals surface area contributed by atoms with E-state index in [2.05, 4.69) is 20.8 Å². The second-order valence-electron chi connectivity index (χ2n) is 5.98. The molecule has 1 heterocycles. The summed E-state index contributed by atoms with van der Waals surface area (Å²) in [5.74, 6) is 1.18. The van der Waals surface area contributed by atoms with E-state index in [0.29, 0.717) is 18.1 Å². The summed E-state index contributed by atoms with van der Waals surface area (Å²) in [5, 5.41) is 14.3. The topological polar surface area (TPSA) is 91.2 Å². The molecular weight excluding hydrogens is 346 g/mol. The summed E-state index contributed by atoms with van der Waals surface area (Å²) in [4.78, 5) is 12.4. The number of aromatic nitrogens is 4. The molecule has 1 atom stereocenters. The van der Waals surface area contributed by atoms with Crippen LogP contribution in [0.25, 0.3) is 5.69 Å². The van der Waals surface area contributed by atoms with Crippen LogP contribution < -0.4 is 10.1 Å². The smallest absolute Gasteiger partial charge is 0.253 e. The zero-order valence-electron chi connectivity index (χ0n) is 15.4. The quantitative estimate of drug-likeness (QED) is 0.690. The third-order valence-electron chi connectivity index (χ3n) is 3.99. The molecule has 0 bridgehead atoms. The van der Waals surface area contributed by atoms with Crippen molar-refractivity contribution in [2.24, 2.45) is 0 Å². The van der Waals surface area contributed by atoms with Gasteiger partial charge < -0.3 is 14.8 Å². The van der Waals surface area contributed by atoms with Gasteiger partial charge in [0.15, 0.2) is 5.82 Å². The summed E-state index contributed by atoms with van der Waals surface area (Å²) < 4.78 is 12.5. The molecule has 8 nitrogen and oxygen atoms in total. The van der Waals surface area contributed by atoms with Crippen molar-refractivity contribution in [1.29, 1.82) is 0 Å². The molecule has 140 valence electrons. The monoisotopic (exact) mass is 367 g/mol. The predicted octanol–water partition coefficient (Wildman–Crippen LogP) is 2.52. The van der Waals surface area contributed by atoms with Crippen molar-refractivity contribution in [3.63, 3.8) is 0 Å². The second kappa shape index (κ2) is 8.41. The number of rotatable bonds is 7. The van der Waals surface area contributed by atoms with Crippen LogP contribution >= 0.6 is 0 Å². The maximum Gasteiger partial charge on any atom is 0.253 e. The van der Waals surface area contributed by atoms with Gasteiger partial charge in [-0.1, -0.05) is 18.2 Å². The van der Waals surface area contributed by atoms with Crippen LogP contribution in [0.5, 0.6) is 5.75 Å². The normalized spacial score (nSPS) is 11.8. The molecule has 0 fully saturated rings. The van der Waals surface area contributed by atoms with E-state index in [1.807, 2.05) is 36.4 Å². The first kappa shape index (κ1) is 18.5. The molecule has 1 aromatic heterocycles. The lowest BCUT2D eigenvalue weighted by molar-refractivity contribution is -0.127. The molecule has 1 unspecified atom stereocenters. The van der Waals surface area contributed by atoms with E-state index in [9.17, 15) is 4.79 Å². The molecular formula is C19H21N5O3.